The number of hydrogen-bond donors (Lipinski definition) is 0. The molecule has 2 aliphatic heterocycles. The first-order valence-corrected chi connectivity index (χ1v) is 7.86. The fourth-order valence-corrected chi connectivity index (χ4v) is 2.10. The van der Waals surface area contributed by atoms with E-state index < -0.39 is 6.17 Å². The summed E-state index contributed by atoms with van der Waals surface area (Å²) < 4.78 is 12.5. The van der Waals surface area contributed by atoms with Gasteiger partial charge in [0.1, 0.15) is 6.17 Å². The number of carbonyl (C=O) groups is 2. The van der Waals surface area contributed by atoms with Crippen LogP contribution in [-0.2, 0) is 9.59 Å². The van der Waals surface area contributed by atoms with Crippen LogP contribution < -0.4 is 0 Å². The molecule has 2 amide bonds. The van der Waals surface area contributed by atoms with Crippen molar-refractivity contribution >= 4 is 12.3 Å². The van der Waals surface area contributed by atoms with Crippen molar-refractivity contribution in [1.29, 1.82) is 0 Å². The average Bonchev–Trinajstić information content (AvgIpc) is 2.96. The Bertz CT molecular complexity index is 295. The summed E-state index contributed by atoms with van der Waals surface area (Å²) in [5, 5.41) is 0. The molecule has 0 aromatic carbocycles. The van der Waals surface area contributed by atoms with E-state index in [2.05, 4.69) is 11.9 Å². The van der Waals surface area contributed by atoms with E-state index >= 15 is 0 Å². The lowest BCUT2D eigenvalue weighted by Crippen LogP contribution is -2.43. The molecule has 1 atom stereocenters. The molecule has 2 heterocycles. The van der Waals surface area contributed by atoms with Gasteiger partial charge in [0.2, 0.25) is 12.3 Å². The predicted molar refractivity (Wildman–Crippen MR) is 82.9 cm³/mol. The van der Waals surface area contributed by atoms with Crippen LogP contribution in [-0.4, -0.2) is 79.5 Å². The lowest BCUT2D eigenvalue weighted by molar-refractivity contribution is -0.130. The molecule has 2 saturated heterocycles. The van der Waals surface area contributed by atoms with Crippen LogP contribution in [0.5, 0.6) is 0 Å². The Hall–Kier alpha value is -1.17. The zero-order valence-corrected chi connectivity index (χ0v) is 13.8. The van der Waals surface area contributed by atoms with E-state index in [4.69, 9.17) is 0 Å². The SMILES string of the molecule is CC.CCC(=O)N1CCC(F)C1.CN1CCN(C=O)CC1. The molecule has 0 N–H and O–H groups in total. The van der Waals surface area contributed by atoms with Gasteiger partial charge in [-0.15, -0.1) is 0 Å². The number of halogens is 1. The van der Waals surface area contributed by atoms with Gasteiger partial charge in [-0.2, -0.15) is 0 Å². The van der Waals surface area contributed by atoms with Crippen LogP contribution in [0.15, 0.2) is 0 Å². The van der Waals surface area contributed by atoms with Crippen LogP contribution in [0.4, 0.5) is 4.39 Å². The average molecular weight is 303 g/mol. The highest BCUT2D eigenvalue weighted by Gasteiger charge is 2.24. The molecular formula is C15H30FN3O2. The molecule has 2 aliphatic rings. The first kappa shape index (κ1) is 19.8. The van der Waals surface area contributed by atoms with Crippen LogP contribution in [0.25, 0.3) is 0 Å². The third kappa shape index (κ3) is 7.99. The largest absolute Gasteiger partial charge is 0.343 e. The highest BCUT2D eigenvalue weighted by molar-refractivity contribution is 5.76. The van der Waals surface area contributed by atoms with Gasteiger partial charge < -0.3 is 14.7 Å². The molecule has 6 heteroatoms. The number of piperazine rings is 1. The Morgan fingerprint density at radius 3 is 2.14 bits per heavy atom. The van der Waals surface area contributed by atoms with E-state index in [9.17, 15) is 14.0 Å². The summed E-state index contributed by atoms with van der Waals surface area (Å²) in [7, 11) is 2.07. The number of amides is 2. The van der Waals surface area contributed by atoms with E-state index in [1.54, 1.807) is 16.7 Å². The van der Waals surface area contributed by atoms with Gasteiger partial charge in [0, 0.05) is 39.1 Å². The van der Waals surface area contributed by atoms with Gasteiger partial charge >= 0.3 is 0 Å². The minimum Gasteiger partial charge on any atom is -0.343 e. The molecule has 2 rings (SSSR count). The molecule has 0 aromatic heterocycles. The molecule has 0 aromatic rings. The minimum absolute atomic E-state index is 0.0696. The zero-order valence-electron chi connectivity index (χ0n) is 13.8. The summed E-state index contributed by atoms with van der Waals surface area (Å²) in [5.74, 6) is 0.0696. The van der Waals surface area contributed by atoms with Gasteiger partial charge in [-0.05, 0) is 13.5 Å². The maximum atomic E-state index is 12.5. The predicted octanol–water partition coefficient (Wildman–Crippen LogP) is 1.38. The van der Waals surface area contributed by atoms with E-state index in [1.165, 1.54) is 0 Å². The lowest BCUT2D eigenvalue weighted by Gasteiger charge is -2.29. The Kier molecular flexibility index (Phi) is 10.8. The number of likely N-dealkylation sites (N-methyl/N-ethyl adjacent to an activating group) is 1. The Morgan fingerprint density at radius 2 is 1.76 bits per heavy atom. The highest BCUT2D eigenvalue weighted by Crippen LogP contribution is 2.12. The molecule has 21 heavy (non-hydrogen) atoms. The fourth-order valence-electron chi connectivity index (χ4n) is 2.10. The summed E-state index contributed by atoms with van der Waals surface area (Å²) in [5.41, 5.74) is 0. The van der Waals surface area contributed by atoms with Crippen LogP contribution in [0, 0.1) is 0 Å². The second-order valence-electron chi connectivity index (χ2n) is 5.02. The monoisotopic (exact) mass is 303 g/mol. The zero-order chi connectivity index (χ0) is 16.3. The number of hydrogen-bond acceptors (Lipinski definition) is 3. The van der Waals surface area contributed by atoms with E-state index in [-0.39, 0.29) is 5.91 Å². The number of likely N-dealkylation sites (tertiary alicyclic amines) is 1. The maximum Gasteiger partial charge on any atom is 0.222 e. The third-order valence-electron chi connectivity index (χ3n) is 3.47. The van der Waals surface area contributed by atoms with Gasteiger partial charge in [-0.25, -0.2) is 4.39 Å². The van der Waals surface area contributed by atoms with Crippen molar-refractivity contribution < 1.29 is 14.0 Å². The summed E-state index contributed by atoms with van der Waals surface area (Å²) in [6.07, 6.45) is 1.15. The summed E-state index contributed by atoms with van der Waals surface area (Å²) in [6.45, 7) is 10.5. The first-order valence-electron chi connectivity index (χ1n) is 7.86. The molecule has 0 bridgehead atoms. The number of rotatable bonds is 2. The van der Waals surface area contributed by atoms with Gasteiger partial charge in [0.05, 0.1) is 6.54 Å². The van der Waals surface area contributed by atoms with Crippen molar-refractivity contribution in [2.24, 2.45) is 0 Å². The van der Waals surface area contributed by atoms with Gasteiger partial charge in [0.15, 0.2) is 0 Å². The molecular weight excluding hydrogens is 273 g/mol. The van der Waals surface area contributed by atoms with Crippen LogP contribution in [0.1, 0.15) is 33.6 Å². The van der Waals surface area contributed by atoms with Crippen molar-refractivity contribution in [2.75, 3.05) is 46.3 Å². The fraction of sp³-hybridized carbons (Fsp3) is 0.867. The second-order valence-corrected chi connectivity index (χ2v) is 5.02. The van der Waals surface area contributed by atoms with Crippen LogP contribution >= 0.6 is 0 Å². The minimum atomic E-state index is -0.782. The van der Waals surface area contributed by atoms with Gasteiger partial charge in [0.25, 0.3) is 0 Å². The summed E-state index contributed by atoms with van der Waals surface area (Å²) in [6, 6.07) is 0. The van der Waals surface area contributed by atoms with E-state index in [0.29, 0.717) is 25.9 Å². The topological polar surface area (TPSA) is 43.9 Å². The first-order chi connectivity index (χ1) is 10.1. The van der Waals surface area contributed by atoms with E-state index in [1.807, 2.05) is 13.8 Å². The highest BCUT2D eigenvalue weighted by atomic mass is 19.1. The third-order valence-corrected chi connectivity index (χ3v) is 3.47. The Balaban J connectivity index is 0.000000342. The maximum absolute atomic E-state index is 12.5. The van der Waals surface area contributed by atoms with Gasteiger partial charge in [-0.1, -0.05) is 20.8 Å². The number of nitrogens with zero attached hydrogens (tertiary/aromatic N) is 3. The van der Waals surface area contributed by atoms with E-state index in [0.717, 1.165) is 32.6 Å². The molecule has 124 valence electrons. The molecule has 2 fully saturated rings. The molecule has 0 radical (unpaired) electrons. The molecule has 5 nitrogen and oxygen atoms in total. The lowest BCUT2D eigenvalue weighted by atomic mass is 10.3. The van der Waals surface area contributed by atoms with Crippen molar-refractivity contribution in [2.45, 2.75) is 39.8 Å². The Morgan fingerprint density at radius 1 is 1.19 bits per heavy atom. The number of alkyl halides is 1. The van der Waals surface area contributed by atoms with Crippen LogP contribution in [0.2, 0.25) is 0 Å². The molecule has 0 aliphatic carbocycles. The van der Waals surface area contributed by atoms with Crippen molar-refractivity contribution in [3.63, 3.8) is 0 Å². The number of carbonyl (C=O) groups excluding carboxylic acids is 2. The molecule has 1 unspecified atom stereocenters. The van der Waals surface area contributed by atoms with Crippen molar-refractivity contribution in [1.82, 2.24) is 14.7 Å². The summed E-state index contributed by atoms with van der Waals surface area (Å²) >= 11 is 0. The van der Waals surface area contributed by atoms with Crippen molar-refractivity contribution in [3.05, 3.63) is 0 Å². The molecule has 0 spiro atoms. The smallest absolute Gasteiger partial charge is 0.222 e. The van der Waals surface area contributed by atoms with Gasteiger partial charge in [-0.3, -0.25) is 9.59 Å². The van der Waals surface area contributed by atoms with Crippen LogP contribution in [0.3, 0.4) is 0 Å². The quantitative estimate of drug-likeness (QED) is 0.724. The second kappa shape index (κ2) is 11.5. The standard InChI is InChI=1S/C7H12FNO.C6H12N2O.C2H6/c1-2-7(10)9-4-3-6(8)5-9;1-7-2-4-8(6-9)5-3-7;1-2/h6H,2-5H2,1H3;6H,2-5H2,1H3;1-2H3. The summed E-state index contributed by atoms with van der Waals surface area (Å²) in [4.78, 5) is 26.7. The van der Waals surface area contributed by atoms with Crippen molar-refractivity contribution in [3.8, 4) is 0 Å². The molecule has 0 saturated carbocycles. The normalized spacial score (nSPS) is 21.9. The Labute approximate surface area is 128 Å².